The number of anilines is 1. The average Bonchev–Trinajstić information content (AvgIpc) is 3.34. The van der Waals surface area contributed by atoms with Gasteiger partial charge in [-0.1, -0.05) is 17.4 Å². The van der Waals surface area contributed by atoms with E-state index in [1.165, 1.54) is 18.5 Å². The second kappa shape index (κ2) is 7.67. The molecule has 7 heteroatoms. The van der Waals surface area contributed by atoms with E-state index in [4.69, 9.17) is 9.72 Å². The topological polar surface area (TPSA) is 75.7 Å². The van der Waals surface area contributed by atoms with Crippen LogP contribution >= 0.6 is 11.3 Å². The van der Waals surface area contributed by atoms with Gasteiger partial charge in [-0.25, -0.2) is 9.97 Å². The van der Waals surface area contributed by atoms with E-state index < -0.39 is 0 Å². The van der Waals surface area contributed by atoms with Crippen LogP contribution < -0.4 is 10.1 Å². The van der Waals surface area contributed by atoms with Gasteiger partial charge in [0.25, 0.3) is 0 Å². The minimum absolute atomic E-state index is 0.721. The van der Waals surface area contributed by atoms with Crippen LogP contribution in [0.25, 0.3) is 21.7 Å². The maximum atomic E-state index is 6.08. The van der Waals surface area contributed by atoms with Crippen molar-refractivity contribution in [3.05, 3.63) is 60.2 Å². The Bertz CT molecular complexity index is 1190. The molecule has 0 radical (unpaired) electrons. The number of thiazole rings is 1. The molecule has 1 aliphatic rings. The van der Waals surface area contributed by atoms with Gasteiger partial charge >= 0.3 is 0 Å². The minimum atomic E-state index is 0.721. The van der Waals surface area contributed by atoms with Crippen molar-refractivity contribution < 1.29 is 4.74 Å². The van der Waals surface area contributed by atoms with Crippen LogP contribution in [0.1, 0.15) is 31.4 Å². The second-order valence-corrected chi connectivity index (χ2v) is 8.15. The number of aromatic nitrogens is 4. The normalized spacial score (nSPS) is 14.0. The van der Waals surface area contributed by atoms with E-state index in [1.54, 1.807) is 17.5 Å². The quantitative estimate of drug-likeness (QED) is 0.424. The number of hydrogen-bond acceptors (Lipinski definition) is 6. The van der Waals surface area contributed by atoms with E-state index in [0.29, 0.717) is 0 Å². The van der Waals surface area contributed by atoms with Gasteiger partial charge in [-0.2, -0.15) is 0 Å². The first-order valence-corrected chi connectivity index (χ1v) is 10.6. The number of benzene rings is 1. The van der Waals surface area contributed by atoms with Gasteiger partial charge in [-0.05, 0) is 50.8 Å². The number of fused-ring (bicyclic) bond motifs is 1. The third-order valence-corrected chi connectivity index (χ3v) is 5.77. The Hall–Kier alpha value is -3.19. The Balaban J connectivity index is 1.36. The number of hydrogen-bond donors (Lipinski definition) is 2. The number of aromatic amines is 1. The molecule has 0 amide bonds. The van der Waals surface area contributed by atoms with Gasteiger partial charge in [0, 0.05) is 30.2 Å². The predicted molar refractivity (Wildman–Crippen MR) is 116 cm³/mol. The molecule has 6 nitrogen and oxygen atoms in total. The number of pyridine rings is 1. The van der Waals surface area contributed by atoms with Crippen LogP contribution in [0, 0.1) is 6.92 Å². The van der Waals surface area contributed by atoms with Crippen molar-refractivity contribution in [2.45, 2.75) is 32.6 Å². The van der Waals surface area contributed by atoms with Gasteiger partial charge in [0.1, 0.15) is 17.2 Å². The van der Waals surface area contributed by atoms with Crippen molar-refractivity contribution in [2.75, 3.05) is 5.32 Å². The van der Waals surface area contributed by atoms with Crippen LogP contribution in [0.3, 0.4) is 0 Å². The molecule has 0 atom stereocenters. The number of nitrogens with zero attached hydrogens (tertiary/aromatic N) is 3. The Kier molecular flexibility index (Phi) is 4.73. The van der Waals surface area contributed by atoms with Crippen LogP contribution in [0.4, 0.5) is 5.13 Å². The summed E-state index contributed by atoms with van der Waals surface area (Å²) in [4.78, 5) is 16.6. The SMILES string of the molecule is Cc1c[nH]c(-c2cc(Oc3ccc4nc(NC5=CCCCC5)sc4c3)ccn2)n1. The van der Waals surface area contributed by atoms with E-state index in [2.05, 4.69) is 26.3 Å². The van der Waals surface area contributed by atoms with Crippen molar-refractivity contribution in [3.63, 3.8) is 0 Å². The standard InChI is InChI=1S/C22H21N5OS/c1-14-13-24-21(25-14)19-11-17(9-10-23-19)28-16-7-8-18-20(12-16)29-22(27-18)26-15-5-3-2-4-6-15/h5,7-13H,2-4,6H2,1H3,(H,24,25)(H,26,27). The number of ether oxygens (including phenoxy) is 1. The smallest absolute Gasteiger partial charge is 0.188 e. The first-order valence-electron chi connectivity index (χ1n) is 9.76. The van der Waals surface area contributed by atoms with Crippen molar-refractivity contribution >= 4 is 26.7 Å². The van der Waals surface area contributed by atoms with Crippen molar-refractivity contribution in [3.8, 4) is 23.0 Å². The molecule has 0 unspecified atom stereocenters. The maximum Gasteiger partial charge on any atom is 0.188 e. The van der Waals surface area contributed by atoms with Crippen LogP contribution in [-0.2, 0) is 0 Å². The highest BCUT2D eigenvalue weighted by Crippen LogP contribution is 2.33. The first-order chi connectivity index (χ1) is 14.2. The molecule has 2 N–H and O–H groups in total. The Labute approximate surface area is 172 Å². The van der Waals surface area contributed by atoms with E-state index in [-0.39, 0.29) is 0 Å². The van der Waals surface area contributed by atoms with Gasteiger partial charge in [-0.15, -0.1) is 0 Å². The summed E-state index contributed by atoms with van der Waals surface area (Å²) in [7, 11) is 0. The Morgan fingerprint density at radius 3 is 2.86 bits per heavy atom. The Morgan fingerprint density at radius 2 is 2.03 bits per heavy atom. The first kappa shape index (κ1) is 17.9. The zero-order chi connectivity index (χ0) is 19.6. The summed E-state index contributed by atoms with van der Waals surface area (Å²) < 4.78 is 7.17. The van der Waals surface area contributed by atoms with Crippen LogP contribution in [0.2, 0.25) is 0 Å². The Morgan fingerprint density at radius 1 is 1.10 bits per heavy atom. The number of nitrogens with one attached hydrogen (secondary N) is 2. The van der Waals surface area contributed by atoms with Crippen molar-refractivity contribution in [1.29, 1.82) is 0 Å². The molecule has 0 aliphatic heterocycles. The maximum absolute atomic E-state index is 6.08. The van der Waals surface area contributed by atoms with E-state index >= 15 is 0 Å². The predicted octanol–water partition coefficient (Wildman–Crippen LogP) is 6.05. The number of H-pyrrole nitrogens is 1. The molecule has 1 aromatic carbocycles. The molecule has 0 saturated heterocycles. The summed E-state index contributed by atoms with van der Waals surface area (Å²) in [5.41, 5.74) is 3.94. The molecule has 1 aliphatic carbocycles. The van der Waals surface area contributed by atoms with Crippen LogP contribution in [0.5, 0.6) is 11.5 Å². The number of imidazole rings is 1. The van der Waals surface area contributed by atoms with Gasteiger partial charge < -0.3 is 15.0 Å². The van der Waals surface area contributed by atoms with Gasteiger partial charge in [0.2, 0.25) is 0 Å². The summed E-state index contributed by atoms with van der Waals surface area (Å²) in [6.07, 6.45) is 10.6. The zero-order valence-corrected chi connectivity index (χ0v) is 16.9. The lowest BCUT2D eigenvalue weighted by Crippen LogP contribution is -2.02. The van der Waals surface area contributed by atoms with E-state index in [9.17, 15) is 0 Å². The van der Waals surface area contributed by atoms with Crippen LogP contribution in [-0.4, -0.2) is 19.9 Å². The molecule has 3 heterocycles. The molecule has 0 fully saturated rings. The third-order valence-electron chi connectivity index (χ3n) is 4.83. The molecule has 4 aromatic rings. The second-order valence-electron chi connectivity index (χ2n) is 7.12. The fourth-order valence-corrected chi connectivity index (χ4v) is 4.32. The summed E-state index contributed by atoms with van der Waals surface area (Å²) >= 11 is 1.65. The fourth-order valence-electron chi connectivity index (χ4n) is 3.40. The van der Waals surface area contributed by atoms with Gasteiger partial charge in [0.05, 0.1) is 15.9 Å². The zero-order valence-electron chi connectivity index (χ0n) is 16.1. The van der Waals surface area contributed by atoms with Crippen LogP contribution in [0.15, 0.2) is 54.5 Å². The summed E-state index contributed by atoms with van der Waals surface area (Å²) in [6, 6.07) is 9.71. The molecule has 29 heavy (non-hydrogen) atoms. The van der Waals surface area contributed by atoms with E-state index in [0.717, 1.165) is 56.9 Å². The molecule has 0 bridgehead atoms. The van der Waals surface area contributed by atoms with Gasteiger partial charge in [0.15, 0.2) is 11.0 Å². The lowest BCUT2D eigenvalue weighted by Gasteiger charge is -2.12. The number of rotatable bonds is 5. The highest BCUT2D eigenvalue weighted by Gasteiger charge is 2.10. The summed E-state index contributed by atoms with van der Waals surface area (Å²) in [5, 5.41) is 4.41. The van der Waals surface area contributed by atoms with Crippen molar-refractivity contribution in [2.24, 2.45) is 0 Å². The van der Waals surface area contributed by atoms with Gasteiger partial charge in [-0.3, -0.25) is 4.98 Å². The molecular weight excluding hydrogens is 382 g/mol. The molecule has 0 spiro atoms. The number of aryl methyl sites for hydroxylation is 1. The molecule has 5 rings (SSSR count). The number of allylic oxidation sites excluding steroid dienone is 2. The summed E-state index contributed by atoms with van der Waals surface area (Å²) in [5.74, 6) is 2.23. The largest absolute Gasteiger partial charge is 0.457 e. The molecular formula is C22H21N5OS. The lowest BCUT2D eigenvalue weighted by atomic mass is 10.1. The van der Waals surface area contributed by atoms with E-state index in [1.807, 2.05) is 43.5 Å². The van der Waals surface area contributed by atoms with Crippen molar-refractivity contribution in [1.82, 2.24) is 19.9 Å². The third kappa shape index (κ3) is 4.00. The average molecular weight is 404 g/mol. The highest BCUT2D eigenvalue weighted by molar-refractivity contribution is 7.22. The molecule has 146 valence electrons. The fraction of sp³-hybridized carbons (Fsp3) is 0.227. The molecule has 3 aromatic heterocycles. The minimum Gasteiger partial charge on any atom is -0.457 e. The lowest BCUT2D eigenvalue weighted by molar-refractivity contribution is 0.483. The molecule has 0 saturated carbocycles. The summed E-state index contributed by atoms with van der Waals surface area (Å²) in [6.45, 7) is 1.94. The monoisotopic (exact) mass is 403 g/mol. The highest BCUT2D eigenvalue weighted by atomic mass is 32.1.